The third kappa shape index (κ3) is 4.55. The van der Waals surface area contributed by atoms with Gasteiger partial charge in [0.1, 0.15) is 5.75 Å². The van der Waals surface area contributed by atoms with Gasteiger partial charge in [0.2, 0.25) is 5.91 Å². The van der Waals surface area contributed by atoms with E-state index in [2.05, 4.69) is 5.32 Å². The Kier molecular flexibility index (Phi) is 5.52. The average Bonchev–Trinajstić information content (AvgIpc) is 2.35. The highest BCUT2D eigenvalue weighted by Gasteiger charge is 2.25. The van der Waals surface area contributed by atoms with Gasteiger partial charge in [-0.25, -0.2) is 4.79 Å². The van der Waals surface area contributed by atoms with Crippen LogP contribution in [-0.2, 0) is 9.59 Å². The molecular weight excluding hydrogens is 260 g/mol. The number of nitrogens with one attached hydrogen (secondary N) is 1. The number of hydrogen-bond acceptors (Lipinski definition) is 4. The number of rotatable bonds is 6. The zero-order chi connectivity index (χ0) is 15.3. The number of carboxylic acids is 1. The summed E-state index contributed by atoms with van der Waals surface area (Å²) < 4.78 is 0. The van der Waals surface area contributed by atoms with Crippen molar-refractivity contribution in [2.24, 2.45) is 11.7 Å². The highest BCUT2D eigenvalue weighted by Crippen LogP contribution is 2.17. The summed E-state index contributed by atoms with van der Waals surface area (Å²) in [6.07, 6.45) is 0.480. The summed E-state index contributed by atoms with van der Waals surface area (Å²) in [5.41, 5.74) is 6.10. The van der Waals surface area contributed by atoms with Crippen LogP contribution in [0.3, 0.4) is 0 Å². The lowest BCUT2D eigenvalue weighted by Crippen LogP contribution is -2.44. The quantitative estimate of drug-likeness (QED) is 0.621. The Bertz CT molecular complexity index is 471. The van der Waals surface area contributed by atoms with E-state index in [9.17, 15) is 19.8 Å². The summed E-state index contributed by atoms with van der Waals surface area (Å²) >= 11 is 0. The number of phenolic OH excluding ortho intramolecular Hbond substituents is 1. The molecule has 1 rings (SSSR count). The van der Waals surface area contributed by atoms with Gasteiger partial charge in [0.25, 0.3) is 0 Å². The van der Waals surface area contributed by atoms with E-state index in [-0.39, 0.29) is 11.7 Å². The number of carbonyl (C=O) groups excluding carboxylic acids is 1. The SMILES string of the molecule is CC(C)C[C@H](N)C(=O)N[C@H](C(=O)O)c1ccc(O)cc1. The highest BCUT2D eigenvalue weighted by atomic mass is 16.4. The molecule has 0 saturated heterocycles. The minimum Gasteiger partial charge on any atom is -0.508 e. The molecular formula is C14H20N2O4. The van der Waals surface area contributed by atoms with Gasteiger partial charge < -0.3 is 21.3 Å². The number of hydrogen-bond donors (Lipinski definition) is 4. The fraction of sp³-hybridized carbons (Fsp3) is 0.429. The van der Waals surface area contributed by atoms with Crippen LogP contribution >= 0.6 is 0 Å². The van der Waals surface area contributed by atoms with Gasteiger partial charge in [-0.2, -0.15) is 0 Å². The first-order valence-corrected chi connectivity index (χ1v) is 6.39. The Labute approximate surface area is 117 Å². The fourth-order valence-electron chi connectivity index (χ4n) is 1.82. The molecule has 0 aliphatic carbocycles. The normalized spacial score (nSPS) is 13.8. The molecule has 0 heterocycles. The number of carboxylic acid groups (broad SMARTS) is 1. The molecule has 1 amide bonds. The first-order chi connectivity index (χ1) is 9.31. The topological polar surface area (TPSA) is 113 Å². The van der Waals surface area contributed by atoms with Gasteiger partial charge in [-0.05, 0) is 30.0 Å². The largest absolute Gasteiger partial charge is 0.508 e. The lowest BCUT2D eigenvalue weighted by Gasteiger charge is -2.19. The molecule has 1 aromatic carbocycles. The van der Waals surface area contributed by atoms with Gasteiger partial charge in [0.15, 0.2) is 6.04 Å². The van der Waals surface area contributed by atoms with Crippen molar-refractivity contribution in [1.82, 2.24) is 5.32 Å². The summed E-state index contributed by atoms with van der Waals surface area (Å²) in [5.74, 6) is -1.41. The molecule has 0 bridgehead atoms. The van der Waals surface area contributed by atoms with Crippen LogP contribution in [-0.4, -0.2) is 28.1 Å². The first-order valence-electron chi connectivity index (χ1n) is 6.39. The molecule has 110 valence electrons. The van der Waals surface area contributed by atoms with Crippen LogP contribution in [0.15, 0.2) is 24.3 Å². The number of nitrogens with two attached hydrogens (primary N) is 1. The lowest BCUT2D eigenvalue weighted by molar-refractivity contribution is -0.142. The smallest absolute Gasteiger partial charge is 0.330 e. The van der Waals surface area contributed by atoms with E-state index in [1.807, 2.05) is 13.8 Å². The first kappa shape index (κ1) is 16.0. The van der Waals surface area contributed by atoms with Crippen LogP contribution in [0.5, 0.6) is 5.75 Å². The average molecular weight is 280 g/mol. The van der Waals surface area contributed by atoms with Gasteiger partial charge in [-0.15, -0.1) is 0 Å². The van der Waals surface area contributed by atoms with E-state index in [1.165, 1.54) is 24.3 Å². The lowest BCUT2D eigenvalue weighted by atomic mass is 10.0. The van der Waals surface area contributed by atoms with Crippen molar-refractivity contribution in [3.8, 4) is 5.75 Å². The molecule has 0 unspecified atom stereocenters. The van der Waals surface area contributed by atoms with Crippen molar-refractivity contribution in [2.45, 2.75) is 32.4 Å². The van der Waals surface area contributed by atoms with Crippen molar-refractivity contribution in [1.29, 1.82) is 0 Å². The molecule has 0 fully saturated rings. The Morgan fingerprint density at radius 1 is 1.25 bits per heavy atom. The Morgan fingerprint density at radius 3 is 2.25 bits per heavy atom. The molecule has 6 heteroatoms. The zero-order valence-electron chi connectivity index (χ0n) is 11.5. The molecule has 6 nitrogen and oxygen atoms in total. The van der Waals surface area contributed by atoms with E-state index in [0.29, 0.717) is 12.0 Å². The van der Waals surface area contributed by atoms with Crippen LogP contribution in [0.2, 0.25) is 0 Å². The second kappa shape index (κ2) is 6.91. The molecule has 1 aromatic rings. The maximum Gasteiger partial charge on any atom is 0.330 e. The number of aliphatic carboxylic acids is 1. The fourth-order valence-corrected chi connectivity index (χ4v) is 1.82. The summed E-state index contributed by atoms with van der Waals surface area (Å²) in [5, 5.41) is 20.8. The minimum absolute atomic E-state index is 0.0284. The number of phenols is 1. The van der Waals surface area contributed by atoms with Crippen molar-refractivity contribution in [3.63, 3.8) is 0 Å². The summed E-state index contributed by atoms with van der Waals surface area (Å²) in [7, 11) is 0. The van der Waals surface area contributed by atoms with Gasteiger partial charge >= 0.3 is 5.97 Å². The number of benzene rings is 1. The second-order valence-electron chi connectivity index (χ2n) is 5.11. The molecule has 0 aliphatic rings. The predicted octanol–water partition coefficient (Wildman–Crippen LogP) is 1.01. The standard InChI is InChI=1S/C14H20N2O4/c1-8(2)7-11(15)13(18)16-12(14(19)20)9-3-5-10(17)6-4-9/h3-6,8,11-12,17H,7,15H2,1-2H3,(H,16,18)(H,19,20)/t11-,12-/m0/s1. The molecule has 0 aromatic heterocycles. The van der Waals surface area contributed by atoms with Crippen LogP contribution in [0.4, 0.5) is 0 Å². The maximum atomic E-state index is 11.9. The van der Waals surface area contributed by atoms with Gasteiger partial charge in [0.05, 0.1) is 6.04 Å². The third-order valence-corrected chi connectivity index (χ3v) is 2.82. The van der Waals surface area contributed by atoms with E-state index in [4.69, 9.17) is 5.73 Å². The van der Waals surface area contributed by atoms with Crippen molar-refractivity contribution >= 4 is 11.9 Å². The van der Waals surface area contributed by atoms with E-state index >= 15 is 0 Å². The monoisotopic (exact) mass is 280 g/mol. The summed E-state index contributed by atoms with van der Waals surface area (Å²) in [6.45, 7) is 3.86. The van der Waals surface area contributed by atoms with Crippen molar-refractivity contribution in [2.75, 3.05) is 0 Å². The minimum atomic E-state index is -1.18. The van der Waals surface area contributed by atoms with E-state index < -0.39 is 24.0 Å². The van der Waals surface area contributed by atoms with Gasteiger partial charge in [-0.1, -0.05) is 26.0 Å². The highest BCUT2D eigenvalue weighted by molar-refractivity contribution is 5.87. The van der Waals surface area contributed by atoms with Crippen molar-refractivity contribution in [3.05, 3.63) is 29.8 Å². The molecule has 5 N–H and O–H groups in total. The van der Waals surface area contributed by atoms with E-state index in [0.717, 1.165) is 0 Å². The molecule has 2 atom stereocenters. The van der Waals surface area contributed by atoms with Gasteiger partial charge in [-0.3, -0.25) is 4.79 Å². The van der Waals surface area contributed by atoms with E-state index in [1.54, 1.807) is 0 Å². The van der Waals surface area contributed by atoms with Crippen LogP contribution in [0.25, 0.3) is 0 Å². The summed E-state index contributed by atoms with van der Waals surface area (Å²) in [4.78, 5) is 23.1. The maximum absolute atomic E-state index is 11.9. The molecule has 20 heavy (non-hydrogen) atoms. The molecule has 0 spiro atoms. The van der Waals surface area contributed by atoms with Crippen LogP contribution in [0.1, 0.15) is 31.9 Å². The Morgan fingerprint density at radius 2 is 1.80 bits per heavy atom. The van der Waals surface area contributed by atoms with Gasteiger partial charge in [0, 0.05) is 0 Å². The second-order valence-corrected chi connectivity index (χ2v) is 5.11. The number of aromatic hydroxyl groups is 1. The number of amides is 1. The molecule has 0 radical (unpaired) electrons. The predicted molar refractivity (Wildman–Crippen MR) is 74.1 cm³/mol. The molecule has 0 saturated carbocycles. The van der Waals surface area contributed by atoms with Crippen molar-refractivity contribution < 1.29 is 19.8 Å². The zero-order valence-corrected chi connectivity index (χ0v) is 11.5. The summed E-state index contributed by atoms with van der Waals surface area (Å²) in [6, 6.07) is 3.71. The van der Waals surface area contributed by atoms with Crippen LogP contribution in [0, 0.1) is 5.92 Å². The third-order valence-electron chi connectivity index (χ3n) is 2.82. The van der Waals surface area contributed by atoms with Crippen LogP contribution < -0.4 is 11.1 Å². The molecule has 0 aliphatic heterocycles. The Hall–Kier alpha value is -2.08. The Balaban J connectivity index is 2.80. The number of carbonyl (C=O) groups is 2.